The molecule has 0 spiro atoms. The molecule has 0 radical (unpaired) electrons. The number of nitrogens with zero attached hydrogens (tertiary/aromatic N) is 1. The maximum Gasteiger partial charge on any atom is 0.252 e. The predicted octanol–water partition coefficient (Wildman–Crippen LogP) is 2.19. The molecule has 0 saturated carbocycles. The molecule has 8 heteroatoms. The summed E-state index contributed by atoms with van der Waals surface area (Å²) in [4.78, 5) is 34.8. The molecule has 0 fully saturated rings. The van der Waals surface area contributed by atoms with E-state index in [-0.39, 0.29) is 24.6 Å². The summed E-state index contributed by atoms with van der Waals surface area (Å²) in [7, 11) is 0. The van der Waals surface area contributed by atoms with Gasteiger partial charge in [0, 0.05) is 30.8 Å². The molecule has 0 bridgehead atoms. The molecule has 0 atom stereocenters. The van der Waals surface area contributed by atoms with Gasteiger partial charge in [0.1, 0.15) is 5.75 Å². The van der Waals surface area contributed by atoms with Crippen LogP contribution in [0.25, 0.3) is 5.57 Å². The van der Waals surface area contributed by atoms with Crippen molar-refractivity contribution >= 4 is 29.5 Å². The quantitative estimate of drug-likeness (QED) is 0.139. The van der Waals surface area contributed by atoms with E-state index >= 15 is 0 Å². The normalized spacial score (nSPS) is 10.8. The van der Waals surface area contributed by atoms with Gasteiger partial charge in [0.25, 0.3) is 5.91 Å². The predicted molar refractivity (Wildman–Crippen MR) is 121 cm³/mol. The van der Waals surface area contributed by atoms with Gasteiger partial charge in [0.05, 0.1) is 12.3 Å². The molecule has 0 aromatic heterocycles. The largest absolute Gasteiger partial charge is 0.494 e. The Kier molecular flexibility index (Phi) is 10.8. The summed E-state index contributed by atoms with van der Waals surface area (Å²) in [5, 5.41) is 10.7. The van der Waals surface area contributed by atoms with Crippen LogP contribution in [0.1, 0.15) is 18.4 Å². The second-order valence-corrected chi connectivity index (χ2v) is 6.32. The first-order valence-corrected chi connectivity index (χ1v) is 9.59. The van der Waals surface area contributed by atoms with Gasteiger partial charge in [-0.25, -0.2) is 0 Å². The lowest BCUT2D eigenvalue weighted by atomic mass is 9.98. The Morgan fingerprint density at radius 2 is 1.81 bits per heavy atom. The molecular weight excluding hydrogens is 396 g/mol. The van der Waals surface area contributed by atoms with Gasteiger partial charge in [0.2, 0.25) is 12.3 Å². The summed E-state index contributed by atoms with van der Waals surface area (Å²) in [6, 6.07) is 7.13. The highest BCUT2D eigenvalue weighted by atomic mass is 16.5. The van der Waals surface area contributed by atoms with Crippen LogP contribution in [-0.4, -0.2) is 48.5 Å². The number of carbonyl (C=O) groups is 3. The Morgan fingerprint density at radius 1 is 1.13 bits per heavy atom. The fourth-order valence-corrected chi connectivity index (χ4v) is 2.53. The number of nitrogens with one attached hydrogen (secondary N) is 2. The molecule has 0 heterocycles. The lowest BCUT2D eigenvalue weighted by molar-refractivity contribution is -0.134. The molecular formula is C23H28N4O4. The van der Waals surface area contributed by atoms with E-state index in [2.05, 4.69) is 25.1 Å². The summed E-state index contributed by atoms with van der Waals surface area (Å²) < 4.78 is 5.65. The van der Waals surface area contributed by atoms with Crippen LogP contribution in [0, 0.1) is 5.41 Å². The minimum absolute atomic E-state index is 0.000839. The molecule has 4 N–H and O–H groups in total. The smallest absolute Gasteiger partial charge is 0.252 e. The molecule has 1 rings (SSSR count). The number of benzene rings is 1. The summed E-state index contributed by atoms with van der Waals surface area (Å²) in [6.07, 6.45) is 4.89. The van der Waals surface area contributed by atoms with Crippen molar-refractivity contribution in [3.63, 3.8) is 0 Å². The van der Waals surface area contributed by atoms with Crippen molar-refractivity contribution in [1.82, 2.24) is 10.2 Å². The number of ether oxygens (including phenoxy) is 1. The third-order valence-electron chi connectivity index (χ3n) is 4.20. The monoisotopic (exact) mass is 424 g/mol. The van der Waals surface area contributed by atoms with Gasteiger partial charge in [-0.1, -0.05) is 31.9 Å². The first kappa shape index (κ1) is 25.1. The molecule has 0 unspecified atom stereocenters. The topological polar surface area (TPSA) is 126 Å². The Hall–Kier alpha value is -3.94. The number of rotatable bonds is 14. The van der Waals surface area contributed by atoms with Crippen molar-refractivity contribution in [2.45, 2.75) is 12.8 Å². The Morgan fingerprint density at radius 3 is 2.35 bits per heavy atom. The second kappa shape index (κ2) is 13.3. The van der Waals surface area contributed by atoms with E-state index in [1.54, 1.807) is 24.3 Å². The maximum absolute atomic E-state index is 11.8. The number of amides is 3. The van der Waals surface area contributed by atoms with Gasteiger partial charge >= 0.3 is 0 Å². The molecule has 164 valence electrons. The highest BCUT2D eigenvalue weighted by molar-refractivity contribution is 6.28. The van der Waals surface area contributed by atoms with Gasteiger partial charge in [0.15, 0.2) is 0 Å². The van der Waals surface area contributed by atoms with Gasteiger partial charge < -0.3 is 21.2 Å². The molecule has 31 heavy (non-hydrogen) atoms. The Bertz CT molecular complexity index is 872. The third kappa shape index (κ3) is 8.14. The van der Waals surface area contributed by atoms with Crippen LogP contribution >= 0.6 is 0 Å². The van der Waals surface area contributed by atoms with E-state index in [9.17, 15) is 14.4 Å². The zero-order chi connectivity index (χ0) is 23.2. The number of carbonyl (C=O) groups excluding carboxylic acids is 3. The van der Waals surface area contributed by atoms with Crippen LogP contribution in [0.2, 0.25) is 0 Å². The first-order chi connectivity index (χ1) is 14.9. The SMILES string of the molecule is C=CC(=N)/C(=C(\N)C=C)c1ccc(OCCCNC(=O)CCN(C=O)C(=O)C=C)cc1. The number of imide groups is 1. The highest BCUT2D eigenvalue weighted by Crippen LogP contribution is 2.22. The standard InChI is InChI=1S/C23H28N4O4/c1-4-19(24)23(20(25)5-2)17-8-10-18(11-9-17)31-15-7-13-26-21(29)12-14-27(16-28)22(30)6-3/h4-6,8-11,16,24H,1-3,7,12-15,25H2,(H,26,29)/b23-20-,24-19?. The van der Waals surface area contributed by atoms with Crippen LogP contribution in [0.5, 0.6) is 5.75 Å². The van der Waals surface area contributed by atoms with Crippen molar-refractivity contribution in [3.8, 4) is 5.75 Å². The van der Waals surface area contributed by atoms with Crippen molar-refractivity contribution in [2.75, 3.05) is 19.7 Å². The molecule has 0 aliphatic carbocycles. The van der Waals surface area contributed by atoms with Crippen molar-refractivity contribution < 1.29 is 19.1 Å². The van der Waals surface area contributed by atoms with Crippen LogP contribution < -0.4 is 15.8 Å². The zero-order valence-corrected chi connectivity index (χ0v) is 17.4. The molecule has 0 saturated heterocycles. The van der Waals surface area contributed by atoms with Gasteiger partial charge in [-0.05, 0) is 42.3 Å². The first-order valence-electron chi connectivity index (χ1n) is 9.59. The van der Waals surface area contributed by atoms with Gasteiger partial charge in [-0.2, -0.15) is 0 Å². The summed E-state index contributed by atoms with van der Waals surface area (Å²) in [6.45, 7) is 11.3. The average molecular weight is 425 g/mol. The van der Waals surface area contributed by atoms with E-state index < -0.39 is 5.91 Å². The molecule has 1 aromatic carbocycles. The van der Waals surface area contributed by atoms with Gasteiger partial charge in [-0.15, -0.1) is 0 Å². The molecule has 8 nitrogen and oxygen atoms in total. The van der Waals surface area contributed by atoms with Gasteiger partial charge in [-0.3, -0.25) is 19.3 Å². The summed E-state index contributed by atoms with van der Waals surface area (Å²) in [5.41, 5.74) is 7.82. The fraction of sp³-hybridized carbons (Fsp3) is 0.217. The zero-order valence-electron chi connectivity index (χ0n) is 17.4. The van der Waals surface area contributed by atoms with Crippen LogP contribution in [0.15, 0.2) is 67.9 Å². The number of hydrogen-bond donors (Lipinski definition) is 3. The Balaban J connectivity index is 2.44. The van der Waals surface area contributed by atoms with Crippen LogP contribution in [0.4, 0.5) is 0 Å². The lowest BCUT2D eigenvalue weighted by Crippen LogP contribution is -2.33. The third-order valence-corrected chi connectivity index (χ3v) is 4.20. The Labute approximate surface area is 182 Å². The maximum atomic E-state index is 11.8. The average Bonchev–Trinajstić information content (AvgIpc) is 2.79. The van der Waals surface area contributed by atoms with Crippen LogP contribution in [-0.2, 0) is 14.4 Å². The molecule has 1 aromatic rings. The van der Waals surface area contributed by atoms with E-state index in [0.29, 0.717) is 43.0 Å². The van der Waals surface area contributed by atoms with Crippen molar-refractivity contribution in [1.29, 1.82) is 5.41 Å². The molecule has 0 aliphatic rings. The van der Waals surface area contributed by atoms with E-state index in [4.69, 9.17) is 15.9 Å². The highest BCUT2D eigenvalue weighted by Gasteiger charge is 2.11. The van der Waals surface area contributed by atoms with Crippen molar-refractivity contribution in [2.24, 2.45) is 5.73 Å². The number of hydrogen-bond acceptors (Lipinski definition) is 6. The lowest BCUT2D eigenvalue weighted by Gasteiger charge is -2.13. The fourth-order valence-electron chi connectivity index (χ4n) is 2.53. The second-order valence-electron chi connectivity index (χ2n) is 6.32. The summed E-state index contributed by atoms with van der Waals surface area (Å²) in [5.74, 6) is -0.170. The number of allylic oxidation sites excluding steroid dienone is 3. The van der Waals surface area contributed by atoms with E-state index in [1.165, 1.54) is 12.2 Å². The minimum atomic E-state index is -0.543. The van der Waals surface area contributed by atoms with E-state index in [0.717, 1.165) is 16.5 Å². The summed E-state index contributed by atoms with van der Waals surface area (Å²) >= 11 is 0. The molecule has 0 aliphatic heterocycles. The van der Waals surface area contributed by atoms with Crippen LogP contribution in [0.3, 0.4) is 0 Å². The minimum Gasteiger partial charge on any atom is -0.494 e. The van der Waals surface area contributed by atoms with Crippen molar-refractivity contribution in [3.05, 3.63) is 73.5 Å². The van der Waals surface area contributed by atoms with E-state index in [1.807, 2.05) is 0 Å². The molecule has 3 amide bonds. The number of nitrogens with two attached hydrogens (primary N) is 1.